The van der Waals surface area contributed by atoms with Crippen LogP contribution in [-0.2, 0) is 23.8 Å². The highest BCUT2D eigenvalue weighted by atomic mass is 79.9. The summed E-state index contributed by atoms with van der Waals surface area (Å²) in [6.07, 6.45) is -2.01. The van der Waals surface area contributed by atoms with Gasteiger partial charge in [0, 0.05) is 11.8 Å². The Balaban J connectivity index is 2.87. The Labute approximate surface area is 125 Å². The maximum Gasteiger partial charge on any atom is 0.417 e. The SMILES string of the molecule is COC(=O)C1CC(OCCBr)C(=O)N1C(=O)OC(C)C. The minimum atomic E-state index is -1.00. The van der Waals surface area contributed by atoms with Crippen molar-refractivity contribution in [3.8, 4) is 0 Å². The Kier molecular flexibility index (Phi) is 6.41. The van der Waals surface area contributed by atoms with Gasteiger partial charge < -0.3 is 14.2 Å². The second-order valence-electron chi connectivity index (χ2n) is 4.46. The number of carbonyl (C=O) groups excluding carboxylic acids is 3. The largest absolute Gasteiger partial charge is 0.467 e. The fraction of sp³-hybridized carbons (Fsp3) is 0.750. The second kappa shape index (κ2) is 7.58. The van der Waals surface area contributed by atoms with Crippen molar-refractivity contribution in [3.05, 3.63) is 0 Å². The highest BCUT2D eigenvalue weighted by molar-refractivity contribution is 9.09. The quantitative estimate of drug-likeness (QED) is 0.544. The standard InChI is InChI=1S/C12H18BrNO6/c1-7(2)20-12(17)14-8(11(16)18-3)6-9(10(14)15)19-5-4-13/h7-9H,4-6H2,1-3H3. The number of nitrogens with zero attached hydrogens (tertiary/aromatic N) is 1. The van der Waals surface area contributed by atoms with E-state index >= 15 is 0 Å². The summed E-state index contributed by atoms with van der Waals surface area (Å²) in [4.78, 5) is 36.5. The van der Waals surface area contributed by atoms with Crippen molar-refractivity contribution >= 4 is 33.9 Å². The topological polar surface area (TPSA) is 82.1 Å². The zero-order valence-corrected chi connectivity index (χ0v) is 13.2. The average Bonchev–Trinajstić information content (AvgIpc) is 2.71. The molecule has 8 heteroatoms. The van der Waals surface area contributed by atoms with Crippen LogP contribution in [0.4, 0.5) is 4.79 Å². The molecule has 0 aromatic carbocycles. The number of amides is 2. The molecular formula is C12H18BrNO6. The van der Waals surface area contributed by atoms with Crippen LogP contribution in [0.2, 0.25) is 0 Å². The highest BCUT2D eigenvalue weighted by Gasteiger charge is 2.48. The van der Waals surface area contributed by atoms with Gasteiger partial charge in [0.05, 0.1) is 19.8 Å². The van der Waals surface area contributed by atoms with E-state index in [9.17, 15) is 14.4 Å². The normalized spacial score (nSPS) is 22.2. The smallest absolute Gasteiger partial charge is 0.417 e. The number of likely N-dealkylation sites (tertiary alicyclic amines) is 1. The maximum absolute atomic E-state index is 12.1. The molecule has 1 fully saturated rings. The van der Waals surface area contributed by atoms with Crippen LogP contribution in [0, 0.1) is 0 Å². The van der Waals surface area contributed by atoms with Crippen molar-refractivity contribution in [3.63, 3.8) is 0 Å². The molecule has 0 aliphatic carbocycles. The molecular weight excluding hydrogens is 334 g/mol. The van der Waals surface area contributed by atoms with Crippen molar-refractivity contribution in [2.24, 2.45) is 0 Å². The van der Waals surface area contributed by atoms with E-state index in [0.29, 0.717) is 11.9 Å². The lowest BCUT2D eigenvalue weighted by Gasteiger charge is -2.21. The molecule has 0 aromatic heterocycles. The summed E-state index contributed by atoms with van der Waals surface area (Å²) in [5.41, 5.74) is 0. The van der Waals surface area contributed by atoms with E-state index < -0.39 is 36.2 Å². The molecule has 0 saturated carbocycles. The first-order chi connectivity index (χ1) is 9.42. The fourth-order valence-electron chi connectivity index (χ4n) is 1.86. The van der Waals surface area contributed by atoms with Crippen LogP contribution in [0.25, 0.3) is 0 Å². The first-order valence-corrected chi connectivity index (χ1v) is 7.33. The number of methoxy groups -OCH3 is 1. The van der Waals surface area contributed by atoms with E-state index in [1.807, 2.05) is 0 Å². The van der Waals surface area contributed by atoms with Crippen molar-refractivity contribution in [1.82, 2.24) is 4.90 Å². The number of esters is 1. The molecule has 0 aromatic rings. The van der Waals surface area contributed by atoms with Crippen molar-refractivity contribution in [1.29, 1.82) is 0 Å². The summed E-state index contributed by atoms with van der Waals surface area (Å²) in [6, 6.07) is -1.00. The number of imide groups is 1. The van der Waals surface area contributed by atoms with Crippen LogP contribution in [0.3, 0.4) is 0 Å². The van der Waals surface area contributed by atoms with Gasteiger partial charge in [0.15, 0.2) is 0 Å². The number of rotatable bonds is 5. The van der Waals surface area contributed by atoms with Gasteiger partial charge in [-0.25, -0.2) is 14.5 Å². The van der Waals surface area contributed by atoms with E-state index in [0.717, 1.165) is 4.90 Å². The molecule has 20 heavy (non-hydrogen) atoms. The first kappa shape index (κ1) is 16.9. The van der Waals surface area contributed by atoms with Gasteiger partial charge in [0.25, 0.3) is 5.91 Å². The van der Waals surface area contributed by atoms with Gasteiger partial charge >= 0.3 is 12.1 Å². The fourth-order valence-corrected chi connectivity index (χ4v) is 2.04. The molecule has 1 aliphatic heterocycles. The van der Waals surface area contributed by atoms with Crippen molar-refractivity contribution < 1.29 is 28.6 Å². The van der Waals surface area contributed by atoms with E-state index in [2.05, 4.69) is 20.7 Å². The number of hydrogen-bond acceptors (Lipinski definition) is 6. The Bertz CT molecular complexity index is 386. The summed E-state index contributed by atoms with van der Waals surface area (Å²) < 4.78 is 14.9. The molecule has 0 spiro atoms. The highest BCUT2D eigenvalue weighted by Crippen LogP contribution is 2.24. The lowest BCUT2D eigenvalue weighted by Crippen LogP contribution is -2.45. The third kappa shape index (κ3) is 3.92. The zero-order valence-electron chi connectivity index (χ0n) is 11.6. The van der Waals surface area contributed by atoms with E-state index in [1.54, 1.807) is 13.8 Å². The van der Waals surface area contributed by atoms with E-state index in [1.165, 1.54) is 7.11 Å². The molecule has 1 aliphatic rings. The Morgan fingerprint density at radius 3 is 2.60 bits per heavy atom. The molecule has 0 bridgehead atoms. The van der Waals surface area contributed by atoms with Crippen LogP contribution in [0.5, 0.6) is 0 Å². The minimum absolute atomic E-state index is 0.0751. The average molecular weight is 352 g/mol. The van der Waals surface area contributed by atoms with Crippen molar-refractivity contribution in [2.45, 2.75) is 38.5 Å². The molecule has 2 unspecified atom stereocenters. The summed E-state index contributed by atoms with van der Waals surface area (Å²) in [6.45, 7) is 3.62. The molecule has 2 amide bonds. The number of alkyl halides is 1. The van der Waals surface area contributed by atoms with Crippen LogP contribution in [0.1, 0.15) is 20.3 Å². The first-order valence-electron chi connectivity index (χ1n) is 6.21. The van der Waals surface area contributed by atoms with Crippen LogP contribution < -0.4 is 0 Å². The van der Waals surface area contributed by atoms with Gasteiger partial charge in [0.2, 0.25) is 0 Å². The Morgan fingerprint density at radius 2 is 2.10 bits per heavy atom. The lowest BCUT2D eigenvalue weighted by molar-refractivity contribution is -0.148. The predicted molar refractivity (Wildman–Crippen MR) is 72.4 cm³/mol. The third-order valence-corrected chi connectivity index (χ3v) is 2.99. The minimum Gasteiger partial charge on any atom is -0.467 e. The van der Waals surface area contributed by atoms with Crippen LogP contribution in [0.15, 0.2) is 0 Å². The molecule has 7 nitrogen and oxygen atoms in total. The summed E-state index contributed by atoms with van der Waals surface area (Å²) in [5, 5.41) is 0.552. The van der Waals surface area contributed by atoms with Crippen molar-refractivity contribution in [2.75, 3.05) is 19.0 Å². The van der Waals surface area contributed by atoms with E-state index in [-0.39, 0.29) is 6.42 Å². The van der Waals surface area contributed by atoms with Crippen LogP contribution in [-0.4, -0.2) is 60.2 Å². The zero-order chi connectivity index (χ0) is 15.3. The Hall–Kier alpha value is -1.15. The number of carbonyl (C=O) groups is 3. The molecule has 1 saturated heterocycles. The molecule has 2 atom stereocenters. The van der Waals surface area contributed by atoms with Gasteiger partial charge in [-0.15, -0.1) is 0 Å². The lowest BCUT2D eigenvalue weighted by atomic mass is 10.2. The summed E-state index contributed by atoms with van der Waals surface area (Å²) in [5.74, 6) is -1.24. The van der Waals surface area contributed by atoms with Gasteiger partial charge in [0.1, 0.15) is 12.1 Å². The van der Waals surface area contributed by atoms with Gasteiger partial charge in [-0.1, -0.05) is 15.9 Å². The maximum atomic E-state index is 12.1. The predicted octanol–water partition coefficient (Wildman–Crippen LogP) is 1.09. The Morgan fingerprint density at radius 1 is 1.45 bits per heavy atom. The second-order valence-corrected chi connectivity index (χ2v) is 5.26. The summed E-state index contributed by atoms with van der Waals surface area (Å²) >= 11 is 3.18. The van der Waals surface area contributed by atoms with Gasteiger partial charge in [-0.3, -0.25) is 4.79 Å². The van der Waals surface area contributed by atoms with Gasteiger partial charge in [-0.2, -0.15) is 0 Å². The monoisotopic (exact) mass is 351 g/mol. The molecule has 0 N–H and O–H groups in total. The molecule has 1 rings (SSSR count). The molecule has 0 radical (unpaired) electrons. The van der Waals surface area contributed by atoms with Crippen LogP contribution >= 0.6 is 15.9 Å². The number of halogens is 1. The van der Waals surface area contributed by atoms with E-state index in [4.69, 9.17) is 9.47 Å². The number of ether oxygens (including phenoxy) is 3. The molecule has 114 valence electrons. The van der Waals surface area contributed by atoms with Gasteiger partial charge in [-0.05, 0) is 13.8 Å². The molecule has 1 heterocycles. The summed E-state index contributed by atoms with van der Waals surface area (Å²) in [7, 11) is 1.20. The number of hydrogen-bond donors (Lipinski definition) is 0. The third-order valence-electron chi connectivity index (χ3n) is 2.66.